The second-order valence-electron chi connectivity index (χ2n) is 6.23. The summed E-state index contributed by atoms with van der Waals surface area (Å²) < 4.78 is 38.4. The van der Waals surface area contributed by atoms with Gasteiger partial charge in [0.15, 0.2) is 0 Å². The van der Waals surface area contributed by atoms with Crippen LogP contribution in [0, 0.1) is 10.1 Å². The minimum Gasteiger partial charge on any atom is -0.369 e. The van der Waals surface area contributed by atoms with Gasteiger partial charge in [0, 0.05) is 50.5 Å². The summed E-state index contributed by atoms with van der Waals surface area (Å²) in [7, 11) is 0. The molecule has 0 atom stereocenters. The summed E-state index contributed by atoms with van der Waals surface area (Å²) in [5.74, 6) is 0. The van der Waals surface area contributed by atoms with E-state index in [1.807, 2.05) is 0 Å². The van der Waals surface area contributed by atoms with Crippen molar-refractivity contribution in [2.24, 2.45) is 0 Å². The van der Waals surface area contributed by atoms with E-state index in [1.165, 1.54) is 24.3 Å². The average molecular weight is 365 g/mol. The first-order valence-corrected chi connectivity index (χ1v) is 8.21. The summed E-state index contributed by atoms with van der Waals surface area (Å²) in [6.45, 7) is 3.34. The van der Waals surface area contributed by atoms with Crippen molar-refractivity contribution in [3.63, 3.8) is 0 Å². The average Bonchev–Trinajstić information content (AvgIpc) is 2.62. The first-order chi connectivity index (χ1) is 12.3. The molecule has 1 heterocycles. The van der Waals surface area contributed by atoms with Crippen LogP contribution in [0.25, 0.3) is 0 Å². The fourth-order valence-corrected chi connectivity index (χ4v) is 3.05. The molecule has 0 bridgehead atoms. The molecule has 8 heteroatoms. The molecule has 0 aromatic heterocycles. The number of alkyl halides is 3. The first kappa shape index (κ1) is 18.2. The topological polar surface area (TPSA) is 49.6 Å². The van der Waals surface area contributed by atoms with E-state index >= 15 is 0 Å². The predicted octanol–water partition coefficient (Wildman–Crippen LogP) is 3.94. The van der Waals surface area contributed by atoms with Gasteiger partial charge in [0.1, 0.15) is 0 Å². The minimum atomic E-state index is -4.33. The van der Waals surface area contributed by atoms with Crippen LogP contribution >= 0.6 is 0 Å². The van der Waals surface area contributed by atoms with Gasteiger partial charge in [0.25, 0.3) is 5.69 Å². The van der Waals surface area contributed by atoms with Gasteiger partial charge < -0.3 is 4.90 Å². The number of benzene rings is 2. The lowest BCUT2D eigenvalue weighted by atomic mass is 10.1. The van der Waals surface area contributed by atoms with Crippen molar-refractivity contribution >= 4 is 11.4 Å². The van der Waals surface area contributed by atoms with Crippen molar-refractivity contribution in [1.29, 1.82) is 0 Å². The van der Waals surface area contributed by atoms with E-state index in [2.05, 4.69) is 9.80 Å². The maximum absolute atomic E-state index is 12.8. The Balaban J connectivity index is 1.58. The van der Waals surface area contributed by atoms with Crippen molar-refractivity contribution in [1.82, 2.24) is 4.90 Å². The molecule has 26 heavy (non-hydrogen) atoms. The summed E-state index contributed by atoms with van der Waals surface area (Å²) in [6.07, 6.45) is -4.33. The van der Waals surface area contributed by atoms with Crippen LogP contribution in [0.15, 0.2) is 48.5 Å². The lowest BCUT2D eigenvalue weighted by Gasteiger charge is -2.36. The number of non-ortho nitro benzene ring substituents is 1. The predicted molar refractivity (Wildman–Crippen MR) is 92.0 cm³/mol. The van der Waals surface area contributed by atoms with Gasteiger partial charge in [-0.15, -0.1) is 0 Å². The van der Waals surface area contributed by atoms with Gasteiger partial charge >= 0.3 is 6.18 Å². The molecule has 1 fully saturated rings. The van der Waals surface area contributed by atoms with E-state index < -0.39 is 16.7 Å². The van der Waals surface area contributed by atoms with Crippen LogP contribution in [0.2, 0.25) is 0 Å². The second kappa shape index (κ2) is 7.33. The van der Waals surface area contributed by atoms with Gasteiger partial charge in [0.2, 0.25) is 0 Å². The summed E-state index contributed by atoms with van der Waals surface area (Å²) in [5.41, 5.74) is 0.981. The number of nitro benzene ring substituents is 1. The molecule has 1 aliphatic rings. The van der Waals surface area contributed by atoms with Crippen LogP contribution < -0.4 is 4.90 Å². The third-order valence-electron chi connectivity index (χ3n) is 4.46. The molecule has 1 aliphatic heterocycles. The van der Waals surface area contributed by atoms with E-state index in [-0.39, 0.29) is 5.69 Å². The highest BCUT2D eigenvalue weighted by molar-refractivity contribution is 5.51. The van der Waals surface area contributed by atoms with Gasteiger partial charge in [-0.2, -0.15) is 13.2 Å². The lowest BCUT2D eigenvalue weighted by molar-refractivity contribution is -0.384. The van der Waals surface area contributed by atoms with E-state index in [4.69, 9.17) is 0 Å². The van der Waals surface area contributed by atoms with E-state index in [9.17, 15) is 23.3 Å². The highest BCUT2D eigenvalue weighted by Crippen LogP contribution is 2.30. The standard InChI is InChI=1S/C18H18F3N3O2/c19-18(20,21)15-3-1-2-14(12-15)13-22-8-10-23(11-9-22)16-4-6-17(7-5-16)24(25)26/h1-7,12H,8-11,13H2. The van der Waals surface area contributed by atoms with Gasteiger partial charge in [-0.3, -0.25) is 15.0 Å². The van der Waals surface area contributed by atoms with Crippen LogP contribution in [0.5, 0.6) is 0 Å². The number of piperazine rings is 1. The second-order valence-corrected chi connectivity index (χ2v) is 6.23. The number of rotatable bonds is 4. The molecule has 0 unspecified atom stereocenters. The van der Waals surface area contributed by atoms with E-state index in [0.717, 1.165) is 24.8 Å². The lowest BCUT2D eigenvalue weighted by Crippen LogP contribution is -2.45. The Hall–Kier alpha value is -2.61. The smallest absolute Gasteiger partial charge is 0.369 e. The SMILES string of the molecule is O=[N+]([O-])c1ccc(N2CCN(Cc3cccc(C(F)(F)F)c3)CC2)cc1. The van der Waals surface area contributed by atoms with E-state index in [0.29, 0.717) is 25.2 Å². The molecular formula is C18H18F3N3O2. The van der Waals surface area contributed by atoms with Crippen LogP contribution in [0.1, 0.15) is 11.1 Å². The molecule has 138 valence electrons. The first-order valence-electron chi connectivity index (χ1n) is 8.21. The summed E-state index contributed by atoms with van der Waals surface area (Å²) >= 11 is 0. The molecular weight excluding hydrogens is 347 g/mol. The Morgan fingerprint density at radius 2 is 1.65 bits per heavy atom. The quantitative estimate of drug-likeness (QED) is 0.608. The molecule has 2 aromatic rings. The third kappa shape index (κ3) is 4.32. The van der Waals surface area contributed by atoms with Crippen LogP contribution in [0.3, 0.4) is 0 Å². The zero-order valence-corrected chi connectivity index (χ0v) is 13.9. The molecule has 0 amide bonds. The molecule has 0 saturated carbocycles. The molecule has 0 aliphatic carbocycles. The van der Waals surface area contributed by atoms with Crippen molar-refractivity contribution in [3.05, 3.63) is 69.8 Å². The van der Waals surface area contributed by atoms with Crippen LogP contribution in [0.4, 0.5) is 24.5 Å². The van der Waals surface area contributed by atoms with Crippen molar-refractivity contribution in [2.75, 3.05) is 31.1 Å². The number of halogens is 3. The van der Waals surface area contributed by atoms with Crippen molar-refractivity contribution < 1.29 is 18.1 Å². The van der Waals surface area contributed by atoms with Crippen molar-refractivity contribution in [2.45, 2.75) is 12.7 Å². The van der Waals surface area contributed by atoms with E-state index in [1.54, 1.807) is 18.2 Å². The number of nitrogens with zero attached hydrogens (tertiary/aromatic N) is 3. The number of nitro groups is 1. The summed E-state index contributed by atoms with van der Waals surface area (Å²) in [4.78, 5) is 14.5. The van der Waals surface area contributed by atoms with Gasteiger partial charge in [0.05, 0.1) is 10.5 Å². The molecule has 0 radical (unpaired) electrons. The molecule has 2 aromatic carbocycles. The number of anilines is 1. The molecule has 5 nitrogen and oxygen atoms in total. The zero-order chi connectivity index (χ0) is 18.7. The van der Waals surface area contributed by atoms with Crippen LogP contribution in [-0.4, -0.2) is 36.0 Å². The fraction of sp³-hybridized carbons (Fsp3) is 0.333. The maximum atomic E-state index is 12.8. The monoisotopic (exact) mass is 365 g/mol. The fourth-order valence-electron chi connectivity index (χ4n) is 3.05. The van der Waals surface area contributed by atoms with Crippen molar-refractivity contribution in [3.8, 4) is 0 Å². The number of hydrogen-bond acceptors (Lipinski definition) is 4. The maximum Gasteiger partial charge on any atom is 0.416 e. The Bertz CT molecular complexity index is 770. The highest BCUT2D eigenvalue weighted by atomic mass is 19.4. The Labute approximate surface area is 148 Å². The largest absolute Gasteiger partial charge is 0.416 e. The summed E-state index contributed by atoms with van der Waals surface area (Å²) in [6, 6.07) is 11.8. The Morgan fingerprint density at radius 3 is 2.23 bits per heavy atom. The third-order valence-corrected chi connectivity index (χ3v) is 4.46. The zero-order valence-electron chi connectivity index (χ0n) is 13.9. The highest BCUT2D eigenvalue weighted by Gasteiger charge is 2.30. The van der Waals surface area contributed by atoms with Crippen LogP contribution in [-0.2, 0) is 12.7 Å². The molecule has 3 rings (SSSR count). The normalized spacial score (nSPS) is 15.9. The van der Waals surface area contributed by atoms with Gasteiger partial charge in [-0.05, 0) is 23.8 Å². The van der Waals surface area contributed by atoms with Gasteiger partial charge in [-0.1, -0.05) is 18.2 Å². The molecule has 0 N–H and O–H groups in total. The molecule has 0 spiro atoms. The minimum absolute atomic E-state index is 0.0527. The Morgan fingerprint density at radius 1 is 1.00 bits per heavy atom. The van der Waals surface area contributed by atoms with Gasteiger partial charge in [-0.25, -0.2) is 0 Å². The summed E-state index contributed by atoms with van der Waals surface area (Å²) in [5, 5.41) is 10.7. The Kier molecular flexibility index (Phi) is 5.13. The number of hydrogen-bond donors (Lipinski definition) is 0. The molecule has 1 saturated heterocycles.